The second-order valence-electron chi connectivity index (χ2n) is 5.71. The third-order valence-electron chi connectivity index (χ3n) is 4.22. The van der Waals surface area contributed by atoms with E-state index in [1.807, 2.05) is 13.8 Å². The number of rotatable bonds is 6. The molecule has 4 heteroatoms. The summed E-state index contributed by atoms with van der Waals surface area (Å²) < 4.78 is 5.16. The van der Waals surface area contributed by atoms with E-state index in [9.17, 15) is 0 Å². The largest absolute Gasteiger partial charge is 0.361 e. The number of aromatic nitrogens is 1. The number of hydrogen-bond donors (Lipinski definition) is 1. The van der Waals surface area contributed by atoms with Gasteiger partial charge in [0.1, 0.15) is 5.76 Å². The van der Waals surface area contributed by atoms with Crippen molar-refractivity contribution in [3.05, 3.63) is 17.0 Å². The third kappa shape index (κ3) is 4.05. The SMILES string of the molecule is Cc1noc(C)c1CNCCCN1CCCCC1C. The first kappa shape index (κ1) is 14.5. The molecule has 0 aromatic carbocycles. The summed E-state index contributed by atoms with van der Waals surface area (Å²) in [7, 11) is 0. The Bertz CT molecular complexity index is 369. The zero-order valence-electron chi connectivity index (χ0n) is 12.5. The van der Waals surface area contributed by atoms with Crippen molar-refractivity contribution in [1.29, 1.82) is 0 Å². The third-order valence-corrected chi connectivity index (χ3v) is 4.22. The highest BCUT2D eigenvalue weighted by Gasteiger charge is 2.17. The molecule has 2 rings (SSSR count). The number of nitrogens with one attached hydrogen (secondary N) is 1. The summed E-state index contributed by atoms with van der Waals surface area (Å²) in [6.45, 7) is 10.8. The monoisotopic (exact) mass is 265 g/mol. The van der Waals surface area contributed by atoms with Crippen LogP contribution in [0.2, 0.25) is 0 Å². The molecule has 1 atom stereocenters. The number of likely N-dealkylation sites (tertiary alicyclic amines) is 1. The van der Waals surface area contributed by atoms with Crippen LogP contribution in [0.25, 0.3) is 0 Å². The van der Waals surface area contributed by atoms with E-state index in [1.165, 1.54) is 44.3 Å². The van der Waals surface area contributed by atoms with Crippen molar-refractivity contribution in [3.8, 4) is 0 Å². The fourth-order valence-electron chi connectivity index (χ4n) is 2.86. The van der Waals surface area contributed by atoms with Gasteiger partial charge < -0.3 is 14.7 Å². The summed E-state index contributed by atoms with van der Waals surface area (Å²) in [4.78, 5) is 2.63. The van der Waals surface area contributed by atoms with Crippen molar-refractivity contribution in [2.75, 3.05) is 19.6 Å². The smallest absolute Gasteiger partial charge is 0.138 e. The van der Waals surface area contributed by atoms with Gasteiger partial charge in [-0.1, -0.05) is 11.6 Å². The van der Waals surface area contributed by atoms with Crippen LogP contribution in [-0.4, -0.2) is 35.7 Å². The Labute approximate surface area is 116 Å². The number of nitrogens with zero attached hydrogens (tertiary/aromatic N) is 2. The molecule has 1 N–H and O–H groups in total. The molecular weight excluding hydrogens is 238 g/mol. The second kappa shape index (κ2) is 7.06. The van der Waals surface area contributed by atoms with E-state index in [-0.39, 0.29) is 0 Å². The maximum Gasteiger partial charge on any atom is 0.138 e. The van der Waals surface area contributed by atoms with Gasteiger partial charge in [-0.05, 0) is 59.7 Å². The molecule has 1 aromatic rings. The van der Waals surface area contributed by atoms with E-state index in [2.05, 4.69) is 22.3 Å². The van der Waals surface area contributed by atoms with Crippen molar-refractivity contribution in [1.82, 2.24) is 15.4 Å². The molecule has 108 valence electrons. The highest BCUT2D eigenvalue weighted by atomic mass is 16.5. The van der Waals surface area contributed by atoms with Gasteiger partial charge in [0.15, 0.2) is 0 Å². The molecule has 19 heavy (non-hydrogen) atoms. The van der Waals surface area contributed by atoms with Crippen molar-refractivity contribution in [2.24, 2.45) is 0 Å². The average Bonchev–Trinajstić information content (AvgIpc) is 2.72. The predicted octanol–water partition coefficient (Wildman–Crippen LogP) is 2.65. The van der Waals surface area contributed by atoms with E-state index in [1.54, 1.807) is 0 Å². The Morgan fingerprint density at radius 3 is 2.89 bits per heavy atom. The van der Waals surface area contributed by atoms with E-state index in [0.29, 0.717) is 0 Å². The highest BCUT2D eigenvalue weighted by Crippen LogP contribution is 2.16. The van der Waals surface area contributed by atoms with E-state index < -0.39 is 0 Å². The molecular formula is C15H27N3O. The lowest BCUT2D eigenvalue weighted by molar-refractivity contribution is 0.159. The summed E-state index contributed by atoms with van der Waals surface area (Å²) in [5.74, 6) is 0.939. The van der Waals surface area contributed by atoms with Crippen LogP contribution in [-0.2, 0) is 6.54 Å². The summed E-state index contributed by atoms with van der Waals surface area (Å²) >= 11 is 0. The van der Waals surface area contributed by atoms with Gasteiger partial charge in [-0.2, -0.15) is 0 Å². The van der Waals surface area contributed by atoms with Crippen LogP contribution in [0, 0.1) is 13.8 Å². The minimum absolute atomic E-state index is 0.774. The van der Waals surface area contributed by atoms with Crippen LogP contribution in [0.1, 0.15) is 49.6 Å². The molecule has 2 heterocycles. The number of piperidine rings is 1. The lowest BCUT2D eigenvalue weighted by Crippen LogP contribution is -2.38. The number of aryl methyl sites for hydroxylation is 2. The van der Waals surface area contributed by atoms with Crippen LogP contribution in [0.3, 0.4) is 0 Å². The molecule has 0 amide bonds. The van der Waals surface area contributed by atoms with Crippen LogP contribution >= 0.6 is 0 Å². The van der Waals surface area contributed by atoms with Gasteiger partial charge in [-0.3, -0.25) is 0 Å². The molecule has 1 aliphatic rings. The summed E-state index contributed by atoms with van der Waals surface area (Å²) in [6.07, 6.45) is 5.36. The Balaban J connectivity index is 1.62. The van der Waals surface area contributed by atoms with Crippen LogP contribution < -0.4 is 5.32 Å². The summed E-state index contributed by atoms with van der Waals surface area (Å²) in [5.41, 5.74) is 2.22. The fourth-order valence-corrected chi connectivity index (χ4v) is 2.86. The summed E-state index contributed by atoms with van der Waals surface area (Å²) in [5, 5.41) is 7.47. The van der Waals surface area contributed by atoms with Gasteiger partial charge in [0.05, 0.1) is 5.69 Å². The first-order chi connectivity index (χ1) is 9.18. The number of hydrogen-bond acceptors (Lipinski definition) is 4. The molecule has 1 aliphatic heterocycles. The highest BCUT2D eigenvalue weighted by molar-refractivity contribution is 5.20. The van der Waals surface area contributed by atoms with Gasteiger partial charge >= 0.3 is 0 Å². The van der Waals surface area contributed by atoms with Crippen LogP contribution in [0.15, 0.2) is 4.52 Å². The Morgan fingerprint density at radius 1 is 1.37 bits per heavy atom. The topological polar surface area (TPSA) is 41.3 Å². The normalized spacial score (nSPS) is 20.9. The minimum Gasteiger partial charge on any atom is -0.361 e. The van der Waals surface area contributed by atoms with Gasteiger partial charge in [0, 0.05) is 18.2 Å². The molecule has 0 saturated carbocycles. The summed E-state index contributed by atoms with van der Waals surface area (Å²) in [6, 6.07) is 0.774. The quantitative estimate of drug-likeness (QED) is 0.803. The first-order valence-electron chi connectivity index (χ1n) is 7.55. The Kier molecular flexibility index (Phi) is 5.40. The molecule has 1 saturated heterocycles. The molecule has 1 aromatic heterocycles. The second-order valence-corrected chi connectivity index (χ2v) is 5.71. The molecule has 0 aliphatic carbocycles. The van der Waals surface area contributed by atoms with E-state index in [0.717, 1.165) is 30.6 Å². The minimum atomic E-state index is 0.774. The molecule has 0 radical (unpaired) electrons. The van der Waals surface area contributed by atoms with Gasteiger partial charge in [0.25, 0.3) is 0 Å². The van der Waals surface area contributed by atoms with Gasteiger partial charge in [-0.15, -0.1) is 0 Å². The van der Waals surface area contributed by atoms with E-state index >= 15 is 0 Å². The van der Waals surface area contributed by atoms with Gasteiger partial charge in [0.2, 0.25) is 0 Å². The lowest BCUT2D eigenvalue weighted by Gasteiger charge is -2.33. The Morgan fingerprint density at radius 2 is 2.21 bits per heavy atom. The van der Waals surface area contributed by atoms with Crippen molar-refractivity contribution in [3.63, 3.8) is 0 Å². The van der Waals surface area contributed by atoms with Crippen LogP contribution in [0.4, 0.5) is 0 Å². The van der Waals surface area contributed by atoms with Crippen LogP contribution in [0.5, 0.6) is 0 Å². The van der Waals surface area contributed by atoms with E-state index in [4.69, 9.17) is 4.52 Å². The zero-order chi connectivity index (χ0) is 13.7. The standard InChI is InChI=1S/C15H27N3O/c1-12-7-4-5-9-18(12)10-6-8-16-11-15-13(2)17-19-14(15)3/h12,16H,4-11H2,1-3H3. The van der Waals surface area contributed by atoms with Gasteiger partial charge in [-0.25, -0.2) is 0 Å². The maximum absolute atomic E-state index is 5.16. The molecule has 1 fully saturated rings. The first-order valence-corrected chi connectivity index (χ1v) is 7.55. The zero-order valence-corrected chi connectivity index (χ0v) is 12.5. The fraction of sp³-hybridized carbons (Fsp3) is 0.800. The van der Waals surface area contributed by atoms with Crippen molar-refractivity contribution < 1.29 is 4.52 Å². The molecule has 0 bridgehead atoms. The Hall–Kier alpha value is -0.870. The van der Waals surface area contributed by atoms with Crippen molar-refractivity contribution in [2.45, 2.75) is 59.0 Å². The molecule has 1 unspecified atom stereocenters. The molecule has 0 spiro atoms. The average molecular weight is 265 g/mol. The molecule has 4 nitrogen and oxygen atoms in total. The predicted molar refractivity (Wildman–Crippen MR) is 77.2 cm³/mol. The lowest BCUT2D eigenvalue weighted by atomic mass is 10.0. The maximum atomic E-state index is 5.16. The van der Waals surface area contributed by atoms with Crippen molar-refractivity contribution >= 4 is 0 Å².